The summed E-state index contributed by atoms with van der Waals surface area (Å²) < 4.78 is 37.0. The van der Waals surface area contributed by atoms with Gasteiger partial charge in [-0.25, -0.2) is 22.3 Å². The van der Waals surface area contributed by atoms with Crippen molar-refractivity contribution in [2.75, 3.05) is 24.7 Å². The number of aromatic carboxylic acids is 1. The summed E-state index contributed by atoms with van der Waals surface area (Å²) in [6, 6.07) is 3.82. The largest absolute Gasteiger partial charge is 0.478 e. The highest BCUT2D eigenvalue weighted by atomic mass is 32.2. The fourth-order valence-electron chi connectivity index (χ4n) is 1.32. The molecule has 0 aliphatic carbocycles. The van der Waals surface area contributed by atoms with Crippen molar-refractivity contribution in [2.45, 2.75) is 0 Å². The lowest BCUT2D eigenvalue weighted by Crippen LogP contribution is -2.28. The third kappa shape index (κ3) is 4.30. The normalized spacial score (nSPS) is 11.2. The standard InChI is InChI=1S/C10H13FN2O4S/c1-18(16,17)13-6-5-12-8-4-2-3-7(11)9(8)10(14)15/h2-4,12-13H,5-6H2,1H3,(H,14,15). The zero-order valence-electron chi connectivity index (χ0n) is 9.60. The van der Waals surface area contributed by atoms with E-state index in [1.807, 2.05) is 0 Å². The highest BCUT2D eigenvalue weighted by Gasteiger charge is 2.15. The van der Waals surface area contributed by atoms with E-state index in [4.69, 9.17) is 5.11 Å². The molecule has 0 spiro atoms. The number of rotatable bonds is 6. The molecule has 0 amide bonds. The minimum atomic E-state index is -3.29. The summed E-state index contributed by atoms with van der Waals surface area (Å²) in [5.74, 6) is -2.23. The summed E-state index contributed by atoms with van der Waals surface area (Å²) in [6.45, 7) is 0.227. The maximum atomic E-state index is 13.3. The number of carboxylic acid groups (broad SMARTS) is 1. The van der Waals surface area contributed by atoms with Gasteiger partial charge in [0.05, 0.1) is 11.9 Å². The summed E-state index contributed by atoms with van der Waals surface area (Å²) >= 11 is 0. The van der Waals surface area contributed by atoms with Gasteiger partial charge in [-0.2, -0.15) is 0 Å². The minimum Gasteiger partial charge on any atom is -0.478 e. The molecule has 0 saturated carbocycles. The molecule has 18 heavy (non-hydrogen) atoms. The predicted molar refractivity (Wildman–Crippen MR) is 64.7 cm³/mol. The van der Waals surface area contributed by atoms with Crippen LogP contribution in [-0.2, 0) is 10.0 Å². The van der Waals surface area contributed by atoms with E-state index in [1.165, 1.54) is 12.1 Å². The summed E-state index contributed by atoms with van der Waals surface area (Å²) in [7, 11) is -3.29. The first-order valence-corrected chi connectivity index (χ1v) is 6.90. The molecule has 0 aliphatic rings. The van der Waals surface area contributed by atoms with Crippen LogP contribution in [0, 0.1) is 5.82 Å². The fourth-order valence-corrected chi connectivity index (χ4v) is 1.80. The van der Waals surface area contributed by atoms with Gasteiger partial charge in [-0.15, -0.1) is 0 Å². The van der Waals surface area contributed by atoms with Crippen LogP contribution in [0.3, 0.4) is 0 Å². The summed E-state index contributed by atoms with van der Waals surface area (Å²) in [6.07, 6.45) is 1.01. The quantitative estimate of drug-likeness (QED) is 0.657. The number of carbonyl (C=O) groups is 1. The van der Waals surface area contributed by atoms with Crippen LogP contribution < -0.4 is 10.0 Å². The third-order valence-electron chi connectivity index (χ3n) is 2.03. The van der Waals surface area contributed by atoms with E-state index in [2.05, 4.69) is 10.0 Å². The van der Waals surface area contributed by atoms with Crippen molar-refractivity contribution in [3.05, 3.63) is 29.6 Å². The molecule has 1 aromatic rings. The average Bonchev–Trinajstić information content (AvgIpc) is 2.22. The monoisotopic (exact) mass is 276 g/mol. The summed E-state index contributed by atoms with van der Waals surface area (Å²) in [5, 5.41) is 11.5. The van der Waals surface area contributed by atoms with Crippen molar-refractivity contribution >= 4 is 21.7 Å². The first kappa shape index (κ1) is 14.4. The van der Waals surface area contributed by atoms with E-state index in [-0.39, 0.29) is 18.8 Å². The van der Waals surface area contributed by atoms with Crippen molar-refractivity contribution in [1.82, 2.24) is 4.72 Å². The maximum absolute atomic E-state index is 13.3. The molecule has 0 aromatic heterocycles. The molecule has 1 rings (SSSR count). The highest BCUT2D eigenvalue weighted by Crippen LogP contribution is 2.18. The Morgan fingerprint density at radius 2 is 2.06 bits per heavy atom. The van der Waals surface area contributed by atoms with E-state index in [1.54, 1.807) is 0 Å². The molecule has 6 nitrogen and oxygen atoms in total. The number of hydrogen-bond donors (Lipinski definition) is 3. The van der Waals surface area contributed by atoms with Crippen LogP contribution in [0.2, 0.25) is 0 Å². The van der Waals surface area contributed by atoms with Crippen LogP contribution in [-0.4, -0.2) is 38.8 Å². The number of carboxylic acids is 1. The van der Waals surface area contributed by atoms with E-state index >= 15 is 0 Å². The van der Waals surface area contributed by atoms with Crippen LogP contribution in [0.15, 0.2) is 18.2 Å². The number of halogens is 1. The Balaban J connectivity index is 2.68. The Labute approximate surface area is 104 Å². The molecule has 0 bridgehead atoms. The molecule has 0 atom stereocenters. The Bertz CT molecular complexity index is 545. The molecule has 0 saturated heterocycles. The zero-order chi connectivity index (χ0) is 13.8. The molecule has 0 aliphatic heterocycles. The molecule has 1 aromatic carbocycles. The van der Waals surface area contributed by atoms with Gasteiger partial charge in [-0.3, -0.25) is 0 Å². The molecule has 0 unspecified atom stereocenters. The zero-order valence-corrected chi connectivity index (χ0v) is 10.4. The molecule has 100 valence electrons. The van der Waals surface area contributed by atoms with Crippen molar-refractivity contribution in [3.63, 3.8) is 0 Å². The molecule has 8 heteroatoms. The van der Waals surface area contributed by atoms with Gasteiger partial charge >= 0.3 is 5.97 Å². The maximum Gasteiger partial charge on any atom is 0.340 e. The van der Waals surface area contributed by atoms with E-state index < -0.39 is 27.4 Å². The van der Waals surface area contributed by atoms with Crippen LogP contribution in [0.5, 0.6) is 0 Å². The Morgan fingerprint density at radius 1 is 1.39 bits per heavy atom. The second-order valence-electron chi connectivity index (χ2n) is 3.56. The van der Waals surface area contributed by atoms with Gasteiger partial charge in [0.15, 0.2) is 0 Å². The van der Waals surface area contributed by atoms with E-state index in [0.717, 1.165) is 12.3 Å². The Hall–Kier alpha value is -1.67. The van der Waals surface area contributed by atoms with Crippen LogP contribution in [0.4, 0.5) is 10.1 Å². The lowest BCUT2D eigenvalue weighted by molar-refractivity contribution is 0.0693. The SMILES string of the molecule is CS(=O)(=O)NCCNc1cccc(F)c1C(=O)O. The lowest BCUT2D eigenvalue weighted by Gasteiger charge is -2.10. The number of anilines is 1. The smallest absolute Gasteiger partial charge is 0.340 e. The molecule has 0 heterocycles. The first-order chi connectivity index (χ1) is 8.31. The van der Waals surface area contributed by atoms with E-state index in [0.29, 0.717) is 0 Å². The average molecular weight is 276 g/mol. The van der Waals surface area contributed by atoms with Gasteiger partial charge in [0, 0.05) is 13.1 Å². The van der Waals surface area contributed by atoms with Gasteiger partial charge in [-0.1, -0.05) is 6.07 Å². The van der Waals surface area contributed by atoms with Crippen molar-refractivity contribution in [1.29, 1.82) is 0 Å². The predicted octanol–water partition coefficient (Wildman–Crippen LogP) is 0.485. The van der Waals surface area contributed by atoms with Crippen molar-refractivity contribution in [3.8, 4) is 0 Å². The van der Waals surface area contributed by atoms with Gasteiger partial charge in [0.2, 0.25) is 10.0 Å². The molecule has 0 fully saturated rings. The third-order valence-corrected chi connectivity index (χ3v) is 2.76. The number of nitrogens with one attached hydrogen (secondary N) is 2. The van der Waals surface area contributed by atoms with E-state index in [9.17, 15) is 17.6 Å². The number of sulfonamides is 1. The van der Waals surface area contributed by atoms with Gasteiger partial charge in [0.1, 0.15) is 11.4 Å². The van der Waals surface area contributed by atoms with Crippen molar-refractivity contribution in [2.24, 2.45) is 0 Å². The highest BCUT2D eigenvalue weighted by molar-refractivity contribution is 7.88. The molecule has 0 radical (unpaired) electrons. The first-order valence-electron chi connectivity index (χ1n) is 5.01. The number of hydrogen-bond acceptors (Lipinski definition) is 4. The lowest BCUT2D eigenvalue weighted by atomic mass is 10.1. The second-order valence-corrected chi connectivity index (χ2v) is 5.39. The van der Waals surface area contributed by atoms with Crippen LogP contribution >= 0.6 is 0 Å². The van der Waals surface area contributed by atoms with Gasteiger partial charge in [0.25, 0.3) is 0 Å². The Morgan fingerprint density at radius 3 is 2.61 bits per heavy atom. The topological polar surface area (TPSA) is 95.5 Å². The molecular formula is C10H13FN2O4S. The Kier molecular flexibility index (Phi) is 4.62. The van der Waals surface area contributed by atoms with Crippen LogP contribution in [0.1, 0.15) is 10.4 Å². The minimum absolute atomic E-state index is 0.0778. The summed E-state index contributed by atoms with van der Waals surface area (Å²) in [4.78, 5) is 10.8. The molecular weight excluding hydrogens is 263 g/mol. The van der Waals surface area contributed by atoms with Gasteiger partial charge < -0.3 is 10.4 Å². The fraction of sp³-hybridized carbons (Fsp3) is 0.300. The second kappa shape index (κ2) is 5.78. The van der Waals surface area contributed by atoms with Crippen LogP contribution in [0.25, 0.3) is 0 Å². The number of benzene rings is 1. The molecule has 3 N–H and O–H groups in total. The van der Waals surface area contributed by atoms with Crippen molar-refractivity contribution < 1.29 is 22.7 Å². The van der Waals surface area contributed by atoms with Gasteiger partial charge in [-0.05, 0) is 12.1 Å². The summed E-state index contributed by atoms with van der Waals surface area (Å²) in [5.41, 5.74) is -0.352.